The normalized spacial score (nSPS) is 21.0. The molecule has 1 saturated heterocycles. The molecule has 0 N–H and O–H groups in total. The predicted octanol–water partition coefficient (Wildman–Crippen LogP) is 3.86. The second-order valence-electron chi connectivity index (χ2n) is 7.54. The molecule has 8 heteroatoms. The number of carbonyl (C=O) groups is 1. The summed E-state index contributed by atoms with van der Waals surface area (Å²) in [6.07, 6.45) is -0.522. The molecule has 27 heavy (non-hydrogen) atoms. The van der Waals surface area contributed by atoms with Crippen LogP contribution in [0.25, 0.3) is 0 Å². The summed E-state index contributed by atoms with van der Waals surface area (Å²) < 4.78 is 44.1. The topological polar surface area (TPSA) is 59.2 Å². The van der Waals surface area contributed by atoms with Crippen LogP contribution in [-0.2, 0) is 17.6 Å². The highest BCUT2D eigenvalue weighted by atomic mass is 19.4. The summed E-state index contributed by atoms with van der Waals surface area (Å²) in [6.45, 7) is 0.113. The van der Waals surface area contributed by atoms with Gasteiger partial charge in [0, 0.05) is 13.0 Å². The molecule has 1 aromatic carbocycles. The van der Waals surface area contributed by atoms with E-state index in [0.717, 1.165) is 30.6 Å². The van der Waals surface area contributed by atoms with Gasteiger partial charge in [0.05, 0.1) is 0 Å². The predicted molar refractivity (Wildman–Crippen MR) is 89.6 cm³/mol. The van der Waals surface area contributed by atoms with Gasteiger partial charge < -0.3 is 9.42 Å². The maximum absolute atomic E-state index is 12.9. The zero-order valence-electron chi connectivity index (χ0n) is 14.7. The number of aromatic nitrogens is 2. The molecular weight excluding hydrogens is 359 g/mol. The summed E-state index contributed by atoms with van der Waals surface area (Å²) in [5.41, 5.74) is 1.00. The van der Waals surface area contributed by atoms with E-state index in [2.05, 4.69) is 10.1 Å². The molecule has 2 heterocycles. The van der Waals surface area contributed by atoms with Crippen LogP contribution in [0.1, 0.15) is 49.0 Å². The Morgan fingerprint density at radius 1 is 1.22 bits per heavy atom. The van der Waals surface area contributed by atoms with Crippen LogP contribution in [0.5, 0.6) is 0 Å². The van der Waals surface area contributed by atoms with Crippen molar-refractivity contribution in [2.45, 2.75) is 50.7 Å². The van der Waals surface area contributed by atoms with Crippen molar-refractivity contribution in [1.29, 1.82) is 0 Å². The lowest BCUT2D eigenvalue weighted by molar-refractivity contribution is -0.187. The average Bonchev–Trinajstić information content (AvgIpc) is 3.05. The third-order valence-corrected chi connectivity index (χ3v) is 5.45. The van der Waals surface area contributed by atoms with E-state index in [-0.39, 0.29) is 17.9 Å². The number of hydrogen-bond acceptors (Lipinski definition) is 4. The molecule has 1 spiro atoms. The van der Waals surface area contributed by atoms with Crippen molar-refractivity contribution in [1.82, 2.24) is 15.0 Å². The van der Waals surface area contributed by atoms with E-state index in [1.165, 1.54) is 5.56 Å². The average molecular weight is 379 g/mol. The molecule has 1 atom stereocenters. The van der Waals surface area contributed by atoms with Crippen molar-refractivity contribution in [2.75, 3.05) is 6.54 Å². The Bertz CT molecular complexity index is 815. The number of benzene rings is 1. The summed E-state index contributed by atoms with van der Waals surface area (Å²) in [7, 11) is 0. The summed E-state index contributed by atoms with van der Waals surface area (Å²) in [6, 6.07) is 9.20. The van der Waals surface area contributed by atoms with Gasteiger partial charge in [-0.3, -0.25) is 4.79 Å². The fourth-order valence-electron chi connectivity index (χ4n) is 3.79. The van der Waals surface area contributed by atoms with Crippen molar-refractivity contribution in [3.05, 3.63) is 47.6 Å². The highest BCUT2D eigenvalue weighted by molar-refractivity contribution is 5.82. The van der Waals surface area contributed by atoms with Crippen molar-refractivity contribution in [2.24, 2.45) is 5.41 Å². The van der Waals surface area contributed by atoms with Crippen LogP contribution >= 0.6 is 0 Å². The summed E-state index contributed by atoms with van der Waals surface area (Å²) in [5.74, 6) is -1.23. The molecule has 2 aromatic rings. The number of rotatable bonds is 5. The zero-order valence-corrected chi connectivity index (χ0v) is 14.7. The van der Waals surface area contributed by atoms with Crippen LogP contribution < -0.4 is 0 Å². The van der Waals surface area contributed by atoms with E-state index in [0.29, 0.717) is 18.7 Å². The SMILES string of the molecule is O=C(N1CC2(CC2)C[C@H]1c1nc(CCCc2ccccc2)no1)C(F)(F)F. The Kier molecular flexibility index (Phi) is 4.44. The molecule has 144 valence electrons. The minimum Gasteiger partial charge on any atom is -0.337 e. The number of carbonyl (C=O) groups excluding carboxylic acids is 1. The standard InChI is InChI=1S/C19H20F3N3O2/c20-19(21,22)17(26)25-12-18(9-10-18)11-14(25)16-23-15(24-27-16)8-4-7-13-5-2-1-3-6-13/h1-3,5-6,14H,4,7-12H2/t14-/m0/s1. The van der Waals surface area contributed by atoms with Gasteiger partial charge in [0.15, 0.2) is 5.82 Å². The van der Waals surface area contributed by atoms with Gasteiger partial charge in [-0.1, -0.05) is 35.5 Å². The van der Waals surface area contributed by atoms with Crippen LogP contribution in [0.4, 0.5) is 13.2 Å². The van der Waals surface area contributed by atoms with E-state index in [9.17, 15) is 18.0 Å². The number of hydrogen-bond donors (Lipinski definition) is 0. The molecule has 1 aliphatic carbocycles. The maximum atomic E-state index is 12.9. The Morgan fingerprint density at radius 3 is 2.63 bits per heavy atom. The molecule has 1 saturated carbocycles. The van der Waals surface area contributed by atoms with E-state index >= 15 is 0 Å². The number of halogens is 3. The van der Waals surface area contributed by atoms with E-state index in [1.54, 1.807) is 0 Å². The molecule has 2 fully saturated rings. The molecule has 1 aromatic heterocycles. The van der Waals surface area contributed by atoms with Crippen LogP contribution in [0.2, 0.25) is 0 Å². The fraction of sp³-hybridized carbons (Fsp3) is 0.526. The highest BCUT2D eigenvalue weighted by Crippen LogP contribution is 2.58. The lowest BCUT2D eigenvalue weighted by atomic mass is 10.0. The molecule has 1 amide bonds. The first-order chi connectivity index (χ1) is 12.9. The first-order valence-electron chi connectivity index (χ1n) is 9.11. The Labute approximate surface area is 154 Å². The monoisotopic (exact) mass is 379 g/mol. The van der Waals surface area contributed by atoms with Crippen molar-refractivity contribution < 1.29 is 22.5 Å². The molecule has 0 radical (unpaired) electrons. The maximum Gasteiger partial charge on any atom is 0.471 e. The first-order valence-corrected chi connectivity index (χ1v) is 9.11. The fourth-order valence-corrected chi connectivity index (χ4v) is 3.79. The lowest BCUT2D eigenvalue weighted by Gasteiger charge is -2.22. The minimum atomic E-state index is -4.89. The van der Waals surface area contributed by atoms with Gasteiger partial charge in [-0.25, -0.2) is 0 Å². The Hall–Kier alpha value is -2.38. The van der Waals surface area contributed by atoms with Crippen molar-refractivity contribution >= 4 is 5.91 Å². The third kappa shape index (κ3) is 3.84. The Balaban J connectivity index is 1.42. The molecular formula is C19H20F3N3O2. The van der Waals surface area contributed by atoms with Gasteiger partial charge in [-0.05, 0) is 43.1 Å². The Morgan fingerprint density at radius 2 is 1.96 bits per heavy atom. The zero-order chi connectivity index (χ0) is 19.1. The second-order valence-corrected chi connectivity index (χ2v) is 7.54. The lowest BCUT2D eigenvalue weighted by Crippen LogP contribution is -2.41. The van der Waals surface area contributed by atoms with Gasteiger partial charge >= 0.3 is 12.1 Å². The first kappa shape index (κ1) is 18.0. The summed E-state index contributed by atoms with van der Waals surface area (Å²) >= 11 is 0. The smallest absolute Gasteiger partial charge is 0.337 e. The molecule has 1 aliphatic heterocycles. The molecule has 4 rings (SSSR count). The minimum absolute atomic E-state index is 0.113. The summed E-state index contributed by atoms with van der Waals surface area (Å²) in [4.78, 5) is 17.0. The van der Waals surface area contributed by atoms with Gasteiger partial charge in [-0.2, -0.15) is 18.2 Å². The molecule has 0 unspecified atom stereocenters. The van der Waals surface area contributed by atoms with Crippen LogP contribution in [0.15, 0.2) is 34.9 Å². The number of likely N-dealkylation sites (tertiary alicyclic amines) is 1. The molecule has 0 bridgehead atoms. The van der Waals surface area contributed by atoms with Crippen LogP contribution in [0, 0.1) is 5.41 Å². The number of aryl methyl sites for hydroxylation is 2. The van der Waals surface area contributed by atoms with Gasteiger partial charge in [0.1, 0.15) is 6.04 Å². The quantitative estimate of drug-likeness (QED) is 0.792. The molecule has 5 nitrogen and oxygen atoms in total. The largest absolute Gasteiger partial charge is 0.471 e. The molecule has 2 aliphatic rings. The van der Waals surface area contributed by atoms with Crippen LogP contribution in [0.3, 0.4) is 0 Å². The van der Waals surface area contributed by atoms with Crippen LogP contribution in [-0.4, -0.2) is 33.7 Å². The highest BCUT2D eigenvalue weighted by Gasteiger charge is 2.58. The third-order valence-electron chi connectivity index (χ3n) is 5.45. The number of amides is 1. The van der Waals surface area contributed by atoms with Crippen molar-refractivity contribution in [3.8, 4) is 0 Å². The van der Waals surface area contributed by atoms with Gasteiger partial charge in [-0.15, -0.1) is 0 Å². The number of alkyl halides is 3. The van der Waals surface area contributed by atoms with Gasteiger partial charge in [0.2, 0.25) is 5.89 Å². The van der Waals surface area contributed by atoms with E-state index in [4.69, 9.17) is 4.52 Å². The van der Waals surface area contributed by atoms with E-state index < -0.39 is 18.1 Å². The second kappa shape index (κ2) is 6.65. The number of nitrogens with zero attached hydrogens (tertiary/aromatic N) is 3. The van der Waals surface area contributed by atoms with Crippen molar-refractivity contribution in [3.63, 3.8) is 0 Å². The van der Waals surface area contributed by atoms with Gasteiger partial charge in [0.25, 0.3) is 0 Å². The summed E-state index contributed by atoms with van der Waals surface area (Å²) in [5, 5.41) is 3.91. The van der Waals surface area contributed by atoms with E-state index in [1.807, 2.05) is 30.3 Å².